The van der Waals surface area contributed by atoms with E-state index in [-0.39, 0.29) is 12.0 Å². The lowest BCUT2D eigenvalue weighted by Gasteiger charge is -2.17. The molecule has 1 nitrogen and oxygen atoms in total. The van der Waals surface area contributed by atoms with Gasteiger partial charge in [0.15, 0.2) is 0 Å². The van der Waals surface area contributed by atoms with Gasteiger partial charge in [-0.05, 0) is 35.1 Å². The summed E-state index contributed by atoms with van der Waals surface area (Å²) < 4.78 is 1.04. The first-order chi connectivity index (χ1) is 6.91. The lowest BCUT2D eigenvalue weighted by molar-refractivity contribution is 0.127. The lowest BCUT2D eigenvalue weighted by atomic mass is 9.94. The van der Waals surface area contributed by atoms with E-state index in [4.69, 9.17) is 0 Å². The van der Waals surface area contributed by atoms with Crippen molar-refractivity contribution < 1.29 is 5.11 Å². The van der Waals surface area contributed by atoms with Gasteiger partial charge in [-0.2, -0.15) is 0 Å². The second-order valence-electron chi connectivity index (χ2n) is 4.66. The molecule has 0 radical (unpaired) electrons. The molecule has 0 aromatic heterocycles. The van der Waals surface area contributed by atoms with Gasteiger partial charge in [-0.15, -0.1) is 0 Å². The Morgan fingerprint density at radius 2 is 1.53 bits per heavy atom. The predicted molar refractivity (Wildman–Crippen MR) is 68.0 cm³/mol. The monoisotopic (exact) mass is 270 g/mol. The fraction of sp³-hybridized carbons (Fsp3) is 0.538. The van der Waals surface area contributed by atoms with Crippen LogP contribution in [0.3, 0.4) is 0 Å². The van der Waals surface area contributed by atoms with Crippen LogP contribution in [0.2, 0.25) is 0 Å². The molecule has 1 aromatic rings. The molecule has 0 saturated carbocycles. The molecule has 1 atom stereocenters. The normalized spacial score (nSPS) is 13.6. The summed E-state index contributed by atoms with van der Waals surface area (Å²) in [5.74, 6) is 0.736. The average molecular weight is 271 g/mol. The number of halogens is 1. The van der Waals surface area contributed by atoms with Crippen LogP contribution in [0.5, 0.6) is 0 Å². The van der Waals surface area contributed by atoms with Gasteiger partial charge in [0.2, 0.25) is 0 Å². The van der Waals surface area contributed by atoms with Gasteiger partial charge in [0.1, 0.15) is 0 Å². The van der Waals surface area contributed by atoms with E-state index in [0.29, 0.717) is 5.92 Å². The summed E-state index contributed by atoms with van der Waals surface area (Å²) in [5.41, 5.74) is 2.27. The lowest BCUT2D eigenvalue weighted by Crippen LogP contribution is -2.06. The standard InChI is InChI=1S/C13H19BrO/c1-8(2)10-5-11(7-12(14)6-10)13(15)9(3)4/h5-9,13,15H,1-4H3. The largest absolute Gasteiger partial charge is 0.388 e. The van der Waals surface area contributed by atoms with E-state index >= 15 is 0 Å². The van der Waals surface area contributed by atoms with Crippen LogP contribution in [0.25, 0.3) is 0 Å². The molecule has 0 amide bonds. The van der Waals surface area contributed by atoms with E-state index in [9.17, 15) is 5.11 Å². The van der Waals surface area contributed by atoms with Gasteiger partial charge in [-0.3, -0.25) is 0 Å². The third-order valence-corrected chi connectivity index (χ3v) is 3.04. The van der Waals surface area contributed by atoms with Gasteiger partial charge in [-0.1, -0.05) is 49.7 Å². The van der Waals surface area contributed by atoms with E-state index < -0.39 is 0 Å². The van der Waals surface area contributed by atoms with Crippen molar-refractivity contribution in [1.29, 1.82) is 0 Å². The summed E-state index contributed by atoms with van der Waals surface area (Å²) in [6.07, 6.45) is -0.375. The molecule has 84 valence electrons. The van der Waals surface area contributed by atoms with Gasteiger partial charge in [-0.25, -0.2) is 0 Å². The topological polar surface area (TPSA) is 20.2 Å². The highest BCUT2D eigenvalue weighted by Gasteiger charge is 2.14. The molecule has 1 unspecified atom stereocenters. The predicted octanol–water partition coefficient (Wildman–Crippen LogP) is 4.26. The number of hydrogen-bond donors (Lipinski definition) is 1. The molecule has 0 saturated heterocycles. The number of rotatable bonds is 3. The van der Waals surface area contributed by atoms with Gasteiger partial charge in [0.05, 0.1) is 6.10 Å². The van der Waals surface area contributed by atoms with Crippen LogP contribution in [0.1, 0.15) is 50.8 Å². The van der Waals surface area contributed by atoms with Crippen molar-refractivity contribution in [1.82, 2.24) is 0 Å². The minimum absolute atomic E-state index is 0.249. The Morgan fingerprint density at radius 3 is 2.00 bits per heavy atom. The SMILES string of the molecule is CC(C)c1cc(Br)cc(C(O)C(C)C)c1. The zero-order valence-electron chi connectivity index (χ0n) is 9.79. The van der Waals surface area contributed by atoms with E-state index in [1.165, 1.54) is 5.56 Å². The highest BCUT2D eigenvalue weighted by molar-refractivity contribution is 9.10. The number of aliphatic hydroxyl groups is 1. The number of benzene rings is 1. The summed E-state index contributed by atoms with van der Waals surface area (Å²) in [6.45, 7) is 8.38. The van der Waals surface area contributed by atoms with Crippen LogP contribution in [0.15, 0.2) is 22.7 Å². The zero-order valence-corrected chi connectivity index (χ0v) is 11.4. The van der Waals surface area contributed by atoms with E-state index in [2.05, 4.69) is 41.9 Å². The molecule has 0 bridgehead atoms. The van der Waals surface area contributed by atoms with Crippen molar-refractivity contribution in [2.75, 3.05) is 0 Å². The maximum atomic E-state index is 10.0. The minimum atomic E-state index is -0.375. The number of hydrogen-bond acceptors (Lipinski definition) is 1. The Bertz CT molecular complexity index is 331. The van der Waals surface area contributed by atoms with Crippen molar-refractivity contribution in [2.45, 2.75) is 39.7 Å². The molecule has 0 aliphatic rings. The van der Waals surface area contributed by atoms with Gasteiger partial charge in [0.25, 0.3) is 0 Å². The van der Waals surface area contributed by atoms with Gasteiger partial charge >= 0.3 is 0 Å². The van der Waals surface area contributed by atoms with Crippen LogP contribution >= 0.6 is 15.9 Å². The van der Waals surface area contributed by atoms with Crippen molar-refractivity contribution in [3.05, 3.63) is 33.8 Å². The van der Waals surface area contributed by atoms with E-state index in [1.807, 2.05) is 19.9 Å². The van der Waals surface area contributed by atoms with Crippen LogP contribution in [-0.4, -0.2) is 5.11 Å². The molecule has 0 aliphatic carbocycles. The third kappa shape index (κ3) is 3.32. The molecule has 0 aliphatic heterocycles. The average Bonchev–Trinajstić information content (AvgIpc) is 2.15. The Kier molecular flexibility index (Phi) is 4.35. The second-order valence-corrected chi connectivity index (χ2v) is 5.58. The molecule has 1 N–H and O–H groups in total. The summed E-state index contributed by atoms with van der Waals surface area (Å²) in [7, 11) is 0. The fourth-order valence-electron chi connectivity index (χ4n) is 1.52. The Morgan fingerprint density at radius 1 is 1.00 bits per heavy atom. The third-order valence-electron chi connectivity index (χ3n) is 2.58. The molecule has 0 heterocycles. The second kappa shape index (κ2) is 5.13. The smallest absolute Gasteiger partial charge is 0.0813 e. The first-order valence-corrected chi connectivity index (χ1v) is 6.19. The van der Waals surface area contributed by atoms with E-state index in [0.717, 1.165) is 10.0 Å². The highest BCUT2D eigenvalue weighted by Crippen LogP contribution is 2.28. The first-order valence-electron chi connectivity index (χ1n) is 5.40. The molecular formula is C13H19BrO. The van der Waals surface area contributed by atoms with Gasteiger partial charge < -0.3 is 5.11 Å². The molecule has 2 heteroatoms. The van der Waals surface area contributed by atoms with Crippen LogP contribution < -0.4 is 0 Å². The zero-order chi connectivity index (χ0) is 11.6. The minimum Gasteiger partial charge on any atom is -0.388 e. The Labute approximate surface area is 101 Å². The summed E-state index contributed by atoms with van der Waals surface area (Å²) in [6, 6.07) is 6.21. The molecule has 1 rings (SSSR count). The summed E-state index contributed by atoms with van der Waals surface area (Å²) in [4.78, 5) is 0. The van der Waals surface area contributed by atoms with Crippen LogP contribution in [0, 0.1) is 5.92 Å². The van der Waals surface area contributed by atoms with Crippen molar-refractivity contribution in [3.63, 3.8) is 0 Å². The fourth-order valence-corrected chi connectivity index (χ4v) is 2.05. The van der Waals surface area contributed by atoms with E-state index in [1.54, 1.807) is 0 Å². The van der Waals surface area contributed by atoms with Crippen molar-refractivity contribution in [3.8, 4) is 0 Å². The van der Waals surface area contributed by atoms with Gasteiger partial charge in [0, 0.05) is 4.47 Å². The van der Waals surface area contributed by atoms with Crippen LogP contribution in [0.4, 0.5) is 0 Å². The van der Waals surface area contributed by atoms with Crippen molar-refractivity contribution in [2.24, 2.45) is 5.92 Å². The highest BCUT2D eigenvalue weighted by atomic mass is 79.9. The quantitative estimate of drug-likeness (QED) is 0.870. The molecule has 1 aromatic carbocycles. The maximum absolute atomic E-state index is 10.0. The maximum Gasteiger partial charge on any atom is 0.0813 e. The van der Waals surface area contributed by atoms with Crippen molar-refractivity contribution >= 4 is 15.9 Å². The Hall–Kier alpha value is -0.340. The molecule has 0 spiro atoms. The van der Waals surface area contributed by atoms with Crippen LogP contribution in [-0.2, 0) is 0 Å². The Balaban J connectivity index is 3.09. The molecule has 0 fully saturated rings. The molecule has 15 heavy (non-hydrogen) atoms. The summed E-state index contributed by atoms with van der Waals surface area (Å²) >= 11 is 3.49. The number of aliphatic hydroxyl groups excluding tert-OH is 1. The summed E-state index contributed by atoms with van der Waals surface area (Å²) in [5, 5.41) is 10.0. The first kappa shape index (κ1) is 12.7. The molecular weight excluding hydrogens is 252 g/mol.